The van der Waals surface area contributed by atoms with Crippen molar-refractivity contribution in [1.29, 1.82) is 0 Å². The first-order valence-electron chi connectivity index (χ1n) is 10.7. The minimum absolute atomic E-state index is 1.11. The van der Waals surface area contributed by atoms with Crippen molar-refractivity contribution in [3.63, 3.8) is 0 Å². The number of hydrogen-bond acceptors (Lipinski definition) is 0. The fourth-order valence-corrected chi connectivity index (χ4v) is 4.27. The summed E-state index contributed by atoms with van der Waals surface area (Å²) in [5.74, 6) is 0. The van der Waals surface area contributed by atoms with Gasteiger partial charge >= 0.3 is 0 Å². The smallest absolute Gasteiger partial charge is 0.0140 e. The maximum Gasteiger partial charge on any atom is -0.0140 e. The van der Waals surface area contributed by atoms with Gasteiger partial charge in [0.2, 0.25) is 0 Å². The third-order valence-corrected chi connectivity index (χ3v) is 5.78. The molecule has 138 valence electrons. The Morgan fingerprint density at radius 2 is 1.12 bits per heavy atom. The van der Waals surface area contributed by atoms with Crippen LogP contribution < -0.4 is 0 Å². The molecule has 3 aromatic rings. The largest absolute Gasteiger partial charge is 0.0654 e. The summed E-state index contributed by atoms with van der Waals surface area (Å²) >= 11 is 0. The molecule has 0 saturated heterocycles. The van der Waals surface area contributed by atoms with Gasteiger partial charge in [-0.3, -0.25) is 0 Å². The van der Waals surface area contributed by atoms with Gasteiger partial charge in [-0.2, -0.15) is 0 Å². The van der Waals surface area contributed by atoms with Gasteiger partial charge in [0.25, 0.3) is 0 Å². The molecule has 0 saturated carbocycles. The molecule has 0 unspecified atom stereocenters. The minimum atomic E-state index is 1.11. The Labute approximate surface area is 159 Å². The second-order valence-corrected chi connectivity index (χ2v) is 7.65. The lowest BCUT2D eigenvalue weighted by atomic mass is 9.86. The van der Waals surface area contributed by atoms with Gasteiger partial charge in [0.1, 0.15) is 0 Å². The summed E-state index contributed by atoms with van der Waals surface area (Å²) in [4.78, 5) is 0. The van der Waals surface area contributed by atoms with Crippen LogP contribution in [0, 0.1) is 0 Å². The van der Waals surface area contributed by atoms with Crippen LogP contribution in [0.3, 0.4) is 0 Å². The van der Waals surface area contributed by atoms with E-state index < -0.39 is 0 Å². The van der Waals surface area contributed by atoms with Crippen molar-refractivity contribution in [1.82, 2.24) is 0 Å². The Hall–Kier alpha value is -1.82. The van der Waals surface area contributed by atoms with Crippen molar-refractivity contribution in [2.75, 3.05) is 0 Å². The van der Waals surface area contributed by atoms with Crippen LogP contribution in [0.25, 0.3) is 21.5 Å². The molecular weight excluding hydrogens is 312 g/mol. The van der Waals surface area contributed by atoms with Crippen molar-refractivity contribution in [3.8, 4) is 0 Å². The van der Waals surface area contributed by atoms with Gasteiger partial charge in [-0.1, -0.05) is 88.9 Å². The molecule has 26 heavy (non-hydrogen) atoms. The summed E-state index contributed by atoms with van der Waals surface area (Å²) in [6.45, 7) is 6.85. The van der Waals surface area contributed by atoms with Gasteiger partial charge in [0.15, 0.2) is 0 Å². The highest BCUT2D eigenvalue weighted by atomic mass is 14.2. The predicted molar refractivity (Wildman–Crippen MR) is 117 cm³/mol. The molecule has 0 aliphatic heterocycles. The van der Waals surface area contributed by atoms with Crippen molar-refractivity contribution >= 4 is 21.5 Å². The van der Waals surface area contributed by atoms with Crippen LogP contribution in [0.2, 0.25) is 0 Å². The first-order chi connectivity index (χ1) is 12.8. The molecule has 0 N–H and O–H groups in total. The Balaban J connectivity index is 2.22. The van der Waals surface area contributed by atoms with E-state index in [-0.39, 0.29) is 0 Å². The Bertz CT molecular complexity index is 857. The standard InChI is InChI=1S/C26H34/c1-4-7-9-13-23-21-15-11-12-16-22(21)24(14-10-8-5-2)26-19-20(6-3)17-18-25(23)26/h11-12,15-19H,4-10,13-14H2,1-3H3. The minimum Gasteiger partial charge on any atom is -0.0654 e. The number of hydrogen-bond donors (Lipinski definition) is 0. The molecule has 0 spiro atoms. The topological polar surface area (TPSA) is 0 Å². The van der Waals surface area contributed by atoms with E-state index in [1.807, 2.05) is 0 Å². The monoisotopic (exact) mass is 346 g/mol. The number of unbranched alkanes of at least 4 members (excludes halogenated alkanes) is 4. The SMILES string of the molecule is CCCCCc1c2ccccc2c(CCCCC)c2cc(CC)ccc12. The lowest BCUT2D eigenvalue weighted by Crippen LogP contribution is -1.98. The molecule has 0 bridgehead atoms. The summed E-state index contributed by atoms with van der Waals surface area (Å²) in [7, 11) is 0. The van der Waals surface area contributed by atoms with Crippen molar-refractivity contribution in [2.24, 2.45) is 0 Å². The molecule has 0 nitrogen and oxygen atoms in total. The van der Waals surface area contributed by atoms with Crippen LogP contribution in [0.4, 0.5) is 0 Å². The van der Waals surface area contributed by atoms with Gasteiger partial charge in [0.05, 0.1) is 0 Å². The van der Waals surface area contributed by atoms with Gasteiger partial charge in [-0.25, -0.2) is 0 Å². The number of rotatable bonds is 9. The average molecular weight is 347 g/mol. The molecule has 0 fully saturated rings. The van der Waals surface area contributed by atoms with E-state index in [9.17, 15) is 0 Å². The number of benzene rings is 3. The second kappa shape index (κ2) is 9.21. The average Bonchev–Trinajstić information content (AvgIpc) is 2.69. The highest BCUT2D eigenvalue weighted by Crippen LogP contribution is 2.35. The Kier molecular flexibility index (Phi) is 6.72. The molecule has 3 aromatic carbocycles. The third kappa shape index (κ3) is 3.95. The predicted octanol–water partition coefficient (Wildman–Crippen LogP) is 8.02. The fourth-order valence-electron chi connectivity index (χ4n) is 4.27. The van der Waals surface area contributed by atoms with E-state index in [1.165, 1.54) is 78.5 Å². The fraction of sp³-hybridized carbons (Fsp3) is 0.462. The zero-order valence-corrected chi connectivity index (χ0v) is 16.9. The van der Waals surface area contributed by atoms with E-state index in [0.29, 0.717) is 0 Å². The zero-order chi connectivity index (χ0) is 18.4. The normalized spacial score (nSPS) is 11.5. The summed E-state index contributed by atoms with van der Waals surface area (Å²) < 4.78 is 0. The van der Waals surface area contributed by atoms with E-state index in [1.54, 1.807) is 11.1 Å². The molecular formula is C26H34. The Morgan fingerprint density at radius 1 is 0.577 bits per heavy atom. The van der Waals surface area contributed by atoms with Crippen LogP contribution >= 0.6 is 0 Å². The highest BCUT2D eigenvalue weighted by molar-refractivity contribution is 6.06. The van der Waals surface area contributed by atoms with Crippen molar-refractivity contribution in [2.45, 2.75) is 78.6 Å². The van der Waals surface area contributed by atoms with Crippen molar-refractivity contribution < 1.29 is 0 Å². The lowest BCUT2D eigenvalue weighted by Gasteiger charge is -2.18. The quantitative estimate of drug-likeness (QED) is 0.272. The molecule has 3 rings (SSSR count). The maximum absolute atomic E-state index is 2.48. The van der Waals surface area contributed by atoms with Crippen molar-refractivity contribution in [3.05, 3.63) is 59.2 Å². The molecule has 0 radical (unpaired) electrons. The molecule has 0 aromatic heterocycles. The summed E-state index contributed by atoms with van der Waals surface area (Å²) in [5.41, 5.74) is 4.62. The van der Waals surface area contributed by atoms with Crippen LogP contribution in [0.1, 0.15) is 76.0 Å². The first kappa shape index (κ1) is 19.0. The maximum atomic E-state index is 2.48. The molecule has 0 heterocycles. The van der Waals surface area contributed by atoms with E-state index >= 15 is 0 Å². The third-order valence-electron chi connectivity index (χ3n) is 5.78. The van der Waals surface area contributed by atoms with Crippen LogP contribution in [0.15, 0.2) is 42.5 Å². The van der Waals surface area contributed by atoms with Crippen LogP contribution in [-0.4, -0.2) is 0 Å². The number of aryl methyl sites for hydroxylation is 3. The van der Waals surface area contributed by atoms with Gasteiger partial charge < -0.3 is 0 Å². The Morgan fingerprint density at radius 3 is 1.65 bits per heavy atom. The number of fused-ring (bicyclic) bond motifs is 2. The highest BCUT2D eigenvalue weighted by Gasteiger charge is 2.13. The molecule has 0 aliphatic carbocycles. The van der Waals surface area contributed by atoms with E-state index in [0.717, 1.165) is 6.42 Å². The molecule has 0 aliphatic rings. The van der Waals surface area contributed by atoms with Gasteiger partial charge in [0, 0.05) is 0 Å². The summed E-state index contributed by atoms with van der Waals surface area (Å²) in [6.07, 6.45) is 11.3. The molecule has 0 heteroatoms. The van der Waals surface area contributed by atoms with Crippen LogP contribution in [0.5, 0.6) is 0 Å². The van der Waals surface area contributed by atoms with Gasteiger partial charge in [-0.15, -0.1) is 0 Å². The van der Waals surface area contributed by atoms with Gasteiger partial charge in [-0.05, 0) is 70.3 Å². The second-order valence-electron chi connectivity index (χ2n) is 7.65. The van der Waals surface area contributed by atoms with E-state index in [2.05, 4.69) is 63.2 Å². The van der Waals surface area contributed by atoms with Crippen LogP contribution in [-0.2, 0) is 19.3 Å². The molecule has 0 amide bonds. The zero-order valence-electron chi connectivity index (χ0n) is 16.9. The first-order valence-corrected chi connectivity index (χ1v) is 10.7. The van der Waals surface area contributed by atoms with E-state index in [4.69, 9.17) is 0 Å². The summed E-state index contributed by atoms with van der Waals surface area (Å²) in [5, 5.41) is 6.01. The summed E-state index contributed by atoms with van der Waals surface area (Å²) in [6, 6.07) is 16.4. The lowest BCUT2D eigenvalue weighted by molar-refractivity contribution is 0.719. The molecule has 0 atom stereocenters.